The zero-order valence-corrected chi connectivity index (χ0v) is 23.1. The molecular weight excluding hydrogens is 499 g/mol. The SMILES string of the molecule is C[C@@H]1CN(CCC2CN=C(c3cc4cccc(N(C)S(=O)(=O)c5cccs5)c4[nH]3)S2)C[C@H](C)N1C. The number of aliphatic imine (C=N–C) groups is 1. The molecule has 3 atom stereocenters. The Hall–Kier alpha value is -1.85. The fraction of sp³-hybridized carbons (Fsp3) is 0.480. The molecule has 35 heavy (non-hydrogen) atoms. The van der Waals surface area contributed by atoms with Gasteiger partial charge in [0.2, 0.25) is 0 Å². The molecule has 0 aliphatic carbocycles. The second-order valence-corrected chi connectivity index (χ2v) is 14.1. The summed E-state index contributed by atoms with van der Waals surface area (Å²) in [5.41, 5.74) is 2.42. The van der Waals surface area contributed by atoms with Crippen LogP contribution >= 0.6 is 23.1 Å². The molecule has 0 radical (unpaired) electrons. The van der Waals surface area contributed by atoms with Gasteiger partial charge in [-0.3, -0.25) is 14.2 Å². The van der Waals surface area contributed by atoms with Crippen molar-refractivity contribution in [2.75, 3.05) is 44.6 Å². The Morgan fingerprint density at radius 1 is 1.17 bits per heavy atom. The fourth-order valence-corrected chi connectivity index (χ4v) is 8.37. The molecule has 0 bridgehead atoms. The van der Waals surface area contributed by atoms with Gasteiger partial charge in [0.05, 0.1) is 23.4 Å². The van der Waals surface area contributed by atoms with Crippen molar-refractivity contribution in [3.05, 3.63) is 47.5 Å². The zero-order valence-electron chi connectivity index (χ0n) is 20.6. The molecule has 1 unspecified atom stereocenters. The number of fused-ring (bicyclic) bond motifs is 1. The fourth-order valence-electron chi connectivity index (χ4n) is 4.93. The predicted molar refractivity (Wildman–Crippen MR) is 149 cm³/mol. The molecule has 188 valence electrons. The molecule has 1 fully saturated rings. The Morgan fingerprint density at radius 2 is 1.94 bits per heavy atom. The highest BCUT2D eigenvalue weighted by atomic mass is 32.2. The molecule has 2 aromatic heterocycles. The maximum atomic E-state index is 13.1. The van der Waals surface area contributed by atoms with Crippen LogP contribution in [0.4, 0.5) is 5.69 Å². The van der Waals surface area contributed by atoms with Gasteiger partial charge in [0.15, 0.2) is 0 Å². The first-order valence-electron chi connectivity index (χ1n) is 12.0. The summed E-state index contributed by atoms with van der Waals surface area (Å²) in [5, 5.41) is 4.26. The van der Waals surface area contributed by atoms with Crippen LogP contribution in [0, 0.1) is 0 Å². The minimum Gasteiger partial charge on any atom is -0.351 e. The van der Waals surface area contributed by atoms with E-state index in [0.29, 0.717) is 27.2 Å². The van der Waals surface area contributed by atoms with Gasteiger partial charge in [0.25, 0.3) is 10.0 Å². The monoisotopic (exact) mass is 531 g/mol. The minimum absolute atomic E-state index is 0.339. The first-order chi connectivity index (χ1) is 16.7. The van der Waals surface area contributed by atoms with E-state index in [4.69, 9.17) is 4.99 Å². The molecule has 3 aromatic rings. The lowest BCUT2D eigenvalue weighted by molar-refractivity contribution is 0.0596. The molecular formula is C25H33N5O2S3. The number of nitrogens with one attached hydrogen (secondary N) is 1. The highest BCUT2D eigenvalue weighted by Gasteiger charge is 2.29. The van der Waals surface area contributed by atoms with Gasteiger partial charge in [-0.15, -0.1) is 11.3 Å². The highest BCUT2D eigenvalue weighted by molar-refractivity contribution is 8.15. The van der Waals surface area contributed by atoms with E-state index in [1.807, 2.05) is 30.0 Å². The van der Waals surface area contributed by atoms with Crippen molar-refractivity contribution in [3.8, 4) is 0 Å². The van der Waals surface area contributed by atoms with Crippen LogP contribution in [-0.2, 0) is 10.0 Å². The van der Waals surface area contributed by atoms with Crippen LogP contribution in [0.15, 0.2) is 51.0 Å². The number of likely N-dealkylation sites (N-methyl/N-ethyl adjacent to an activating group) is 1. The lowest BCUT2D eigenvalue weighted by Crippen LogP contribution is -2.55. The van der Waals surface area contributed by atoms with Crippen molar-refractivity contribution in [1.29, 1.82) is 0 Å². The molecule has 0 saturated carbocycles. The Bertz CT molecular complexity index is 1310. The van der Waals surface area contributed by atoms with Crippen LogP contribution < -0.4 is 4.31 Å². The van der Waals surface area contributed by atoms with Gasteiger partial charge in [-0.25, -0.2) is 8.42 Å². The summed E-state index contributed by atoms with van der Waals surface area (Å²) in [5.74, 6) is 0. The summed E-state index contributed by atoms with van der Waals surface area (Å²) < 4.78 is 27.9. The standard InChI is InChI=1S/C25H33N5O2S3/c1-17-15-30(16-18(2)28(17)3)11-10-20-14-26-25(34-20)21-13-19-7-5-8-22(24(19)27-21)29(4)35(31,32)23-9-6-12-33-23/h5-9,12-13,17-18,20,27H,10-11,14-16H2,1-4H3/t17-,18+,20?. The quantitative estimate of drug-likeness (QED) is 0.491. The van der Waals surface area contributed by atoms with E-state index in [2.05, 4.69) is 41.7 Å². The van der Waals surface area contributed by atoms with Gasteiger partial charge in [-0.1, -0.05) is 30.0 Å². The second-order valence-electron chi connectivity index (χ2n) is 9.63. The topological polar surface area (TPSA) is 72.0 Å². The second kappa shape index (κ2) is 9.89. The number of hydrogen-bond acceptors (Lipinski definition) is 7. The van der Waals surface area contributed by atoms with Crippen LogP contribution in [0.3, 0.4) is 0 Å². The summed E-state index contributed by atoms with van der Waals surface area (Å²) in [6, 6.07) is 12.4. The lowest BCUT2D eigenvalue weighted by atomic mass is 10.1. The van der Waals surface area contributed by atoms with Crippen molar-refractivity contribution in [3.63, 3.8) is 0 Å². The predicted octanol–water partition coefficient (Wildman–Crippen LogP) is 4.33. The number of nitrogens with zero attached hydrogens (tertiary/aromatic N) is 4. The van der Waals surface area contributed by atoms with E-state index in [9.17, 15) is 8.42 Å². The van der Waals surface area contributed by atoms with Crippen molar-refractivity contribution in [2.45, 2.75) is 41.8 Å². The number of benzene rings is 1. The summed E-state index contributed by atoms with van der Waals surface area (Å²) in [6.45, 7) is 8.79. The number of hydrogen-bond donors (Lipinski definition) is 1. The summed E-state index contributed by atoms with van der Waals surface area (Å²) in [7, 11) is 0.237. The average molecular weight is 532 g/mol. The van der Waals surface area contributed by atoms with E-state index in [1.54, 1.807) is 24.6 Å². The van der Waals surface area contributed by atoms with Gasteiger partial charge in [-0.05, 0) is 57.4 Å². The van der Waals surface area contributed by atoms with Gasteiger partial charge < -0.3 is 9.88 Å². The van der Waals surface area contributed by atoms with Crippen LogP contribution in [-0.4, -0.2) is 85.9 Å². The normalized spacial score (nSPS) is 24.2. The van der Waals surface area contributed by atoms with Crippen LogP contribution in [0.5, 0.6) is 0 Å². The van der Waals surface area contributed by atoms with Gasteiger partial charge in [0, 0.05) is 42.9 Å². The average Bonchev–Trinajstić information content (AvgIpc) is 3.60. The van der Waals surface area contributed by atoms with Gasteiger partial charge >= 0.3 is 0 Å². The molecule has 0 amide bonds. The Kier molecular flexibility index (Phi) is 7.02. The largest absolute Gasteiger partial charge is 0.351 e. The zero-order chi connectivity index (χ0) is 24.7. The van der Waals surface area contributed by atoms with Crippen molar-refractivity contribution in [2.24, 2.45) is 4.99 Å². The van der Waals surface area contributed by atoms with Crippen molar-refractivity contribution >= 4 is 54.8 Å². The van der Waals surface area contributed by atoms with E-state index < -0.39 is 10.0 Å². The number of para-hydroxylation sites is 1. The summed E-state index contributed by atoms with van der Waals surface area (Å²) >= 11 is 3.07. The number of H-pyrrole nitrogens is 1. The van der Waals surface area contributed by atoms with Crippen LogP contribution in [0.2, 0.25) is 0 Å². The maximum Gasteiger partial charge on any atom is 0.273 e. The molecule has 7 nitrogen and oxygen atoms in total. The molecule has 0 spiro atoms. The minimum atomic E-state index is -3.60. The number of anilines is 1. The van der Waals surface area contributed by atoms with Crippen molar-refractivity contribution in [1.82, 2.24) is 14.8 Å². The molecule has 2 aliphatic rings. The van der Waals surface area contributed by atoms with E-state index in [-0.39, 0.29) is 0 Å². The Morgan fingerprint density at radius 3 is 2.66 bits per heavy atom. The summed E-state index contributed by atoms with van der Waals surface area (Å²) in [4.78, 5) is 13.4. The van der Waals surface area contributed by atoms with Crippen LogP contribution in [0.25, 0.3) is 10.9 Å². The molecule has 5 rings (SSSR count). The summed E-state index contributed by atoms with van der Waals surface area (Å²) in [6.07, 6.45) is 1.12. The lowest BCUT2D eigenvalue weighted by Gasteiger charge is -2.42. The van der Waals surface area contributed by atoms with Crippen LogP contribution in [0.1, 0.15) is 26.0 Å². The molecule has 1 N–H and O–H groups in total. The molecule has 1 saturated heterocycles. The number of sulfonamides is 1. The smallest absolute Gasteiger partial charge is 0.273 e. The highest BCUT2D eigenvalue weighted by Crippen LogP contribution is 2.34. The number of aromatic amines is 1. The number of thiophene rings is 1. The van der Waals surface area contributed by atoms with E-state index in [1.165, 1.54) is 15.6 Å². The number of rotatable bonds is 7. The first kappa shape index (κ1) is 24.8. The maximum absolute atomic E-state index is 13.1. The van der Waals surface area contributed by atoms with Crippen molar-refractivity contribution < 1.29 is 8.42 Å². The number of thioether (sulfide) groups is 1. The first-order valence-corrected chi connectivity index (χ1v) is 15.2. The molecule has 1 aromatic carbocycles. The Balaban J connectivity index is 1.28. The third-order valence-electron chi connectivity index (χ3n) is 7.23. The number of aromatic nitrogens is 1. The number of piperazine rings is 1. The van der Waals surface area contributed by atoms with Gasteiger partial charge in [0.1, 0.15) is 9.25 Å². The third kappa shape index (κ3) is 4.91. The Labute approximate surface area is 216 Å². The molecule has 2 aliphatic heterocycles. The molecule has 10 heteroatoms. The third-order valence-corrected chi connectivity index (χ3v) is 11.7. The van der Waals surface area contributed by atoms with Gasteiger partial charge in [-0.2, -0.15) is 0 Å². The van der Waals surface area contributed by atoms with E-state index in [0.717, 1.165) is 54.2 Å². The van der Waals surface area contributed by atoms with E-state index >= 15 is 0 Å². The molecule has 4 heterocycles.